The lowest BCUT2D eigenvalue weighted by Crippen LogP contribution is -2.39. The summed E-state index contributed by atoms with van der Waals surface area (Å²) in [5.74, 6) is 0.0418. The van der Waals surface area contributed by atoms with E-state index >= 15 is 0 Å². The summed E-state index contributed by atoms with van der Waals surface area (Å²) in [6, 6.07) is 15.3. The zero-order valence-electron chi connectivity index (χ0n) is 16.5. The van der Waals surface area contributed by atoms with Gasteiger partial charge >= 0.3 is 0 Å². The van der Waals surface area contributed by atoms with Crippen LogP contribution in [0.1, 0.15) is 49.4 Å². The van der Waals surface area contributed by atoms with Crippen LogP contribution in [0.25, 0.3) is 0 Å². The summed E-state index contributed by atoms with van der Waals surface area (Å²) < 4.78 is 26.2. The first kappa shape index (κ1) is 21.6. The van der Waals surface area contributed by atoms with E-state index in [1.54, 1.807) is 0 Å². The Morgan fingerprint density at radius 3 is 2.07 bits per heavy atom. The Hall–Kier alpha value is -2.69. The van der Waals surface area contributed by atoms with E-state index in [0.717, 1.165) is 9.87 Å². The van der Waals surface area contributed by atoms with Crippen molar-refractivity contribution in [3.05, 3.63) is 65.2 Å². The highest BCUT2D eigenvalue weighted by Crippen LogP contribution is 2.19. The second-order valence-electron chi connectivity index (χ2n) is 7.01. The zero-order chi connectivity index (χ0) is 20.9. The molecular weight excluding hydrogens is 374 g/mol. The van der Waals surface area contributed by atoms with Crippen molar-refractivity contribution in [1.82, 2.24) is 9.62 Å². The van der Waals surface area contributed by atoms with Gasteiger partial charge in [-0.25, -0.2) is 8.42 Å². The van der Waals surface area contributed by atoms with Crippen LogP contribution in [0, 0.1) is 11.3 Å². The van der Waals surface area contributed by atoms with Crippen molar-refractivity contribution < 1.29 is 13.2 Å². The van der Waals surface area contributed by atoms with E-state index in [9.17, 15) is 13.2 Å². The van der Waals surface area contributed by atoms with Gasteiger partial charge in [0.05, 0.1) is 29.1 Å². The maximum atomic E-state index is 12.6. The first-order chi connectivity index (χ1) is 13.1. The Morgan fingerprint density at radius 1 is 1.04 bits per heavy atom. The van der Waals surface area contributed by atoms with Crippen molar-refractivity contribution in [2.24, 2.45) is 0 Å². The molecule has 0 aliphatic rings. The number of hydrogen-bond donors (Lipinski definition) is 1. The van der Waals surface area contributed by atoms with Gasteiger partial charge in [-0.1, -0.05) is 38.1 Å². The smallest absolute Gasteiger partial charge is 0.243 e. The number of sulfonamides is 1. The minimum Gasteiger partial charge on any atom is -0.348 e. The normalized spacial score (nSPS) is 12.6. The van der Waals surface area contributed by atoms with Crippen LogP contribution in [0.3, 0.4) is 0 Å². The maximum absolute atomic E-state index is 12.6. The van der Waals surface area contributed by atoms with E-state index < -0.39 is 10.0 Å². The highest BCUT2D eigenvalue weighted by Gasteiger charge is 2.23. The van der Waals surface area contributed by atoms with E-state index in [1.807, 2.05) is 37.3 Å². The van der Waals surface area contributed by atoms with Crippen LogP contribution in [0.15, 0.2) is 53.4 Å². The van der Waals surface area contributed by atoms with Gasteiger partial charge in [0, 0.05) is 7.05 Å². The van der Waals surface area contributed by atoms with E-state index in [-0.39, 0.29) is 23.4 Å². The summed E-state index contributed by atoms with van der Waals surface area (Å²) in [7, 11) is -2.46. The highest BCUT2D eigenvalue weighted by molar-refractivity contribution is 7.89. The van der Waals surface area contributed by atoms with Gasteiger partial charge in [0.2, 0.25) is 15.9 Å². The van der Waals surface area contributed by atoms with Crippen LogP contribution in [0.5, 0.6) is 0 Å². The summed E-state index contributed by atoms with van der Waals surface area (Å²) in [5, 5.41) is 11.6. The van der Waals surface area contributed by atoms with Crippen molar-refractivity contribution in [2.75, 3.05) is 13.6 Å². The van der Waals surface area contributed by atoms with Crippen molar-refractivity contribution in [3.63, 3.8) is 0 Å². The quantitative estimate of drug-likeness (QED) is 0.774. The standard InChI is InChI=1S/C21H25N3O3S/c1-15(2)18-7-9-19(10-8-18)16(3)23-21(25)14-24(4)28(26,27)20-11-5-17(13-22)6-12-20/h5-12,15-16H,14H2,1-4H3,(H,23,25). The molecule has 2 rings (SSSR count). The van der Waals surface area contributed by atoms with Crippen LogP contribution in [-0.4, -0.2) is 32.2 Å². The van der Waals surface area contributed by atoms with E-state index in [4.69, 9.17) is 5.26 Å². The van der Waals surface area contributed by atoms with Gasteiger partial charge in [-0.15, -0.1) is 0 Å². The van der Waals surface area contributed by atoms with Crippen molar-refractivity contribution in [1.29, 1.82) is 5.26 Å². The van der Waals surface area contributed by atoms with Crippen LogP contribution < -0.4 is 5.32 Å². The Labute approximate surface area is 166 Å². The van der Waals surface area contributed by atoms with Gasteiger partial charge in [-0.3, -0.25) is 4.79 Å². The molecule has 1 N–H and O–H groups in total. The fourth-order valence-electron chi connectivity index (χ4n) is 2.71. The fourth-order valence-corrected chi connectivity index (χ4v) is 3.84. The molecule has 0 bridgehead atoms. The number of amides is 1. The zero-order valence-corrected chi connectivity index (χ0v) is 17.3. The van der Waals surface area contributed by atoms with Gasteiger partial charge in [0.25, 0.3) is 0 Å². The molecule has 7 heteroatoms. The minimum atomic E-state index is -3.81. The van der Waals surface area contributed by atoms with Crippen LogP contribution in [0.2, 0.25) is 0 Å². The number of nitrogens with zero attached hydrogens (tertiary/aromatic N) is 2. The first-order valence-corrected chi connectivity index (χ1v) is 10.4. The molecule has 0 saturated heterocycles. The fraction of sp³-hybridized carbons (Fsp3) is 0.333. The molecule has 1 unspecified atom stereocenters. The largest absolute Gasteiger partial charge is 0.348 e. The lowest BCUT2D eigenvalue weighted by Gasteiger charge is -2.20. The summed E-state index contributed by atoms with van der Waals surface area (Å²) in [6.07, 6.45) is 0. The van der Waals surface area contributed by atoms with Crippen molar-refractivity contribution >= 4 is 15.9 Å². The van der Waals surface area contributed by atoms with Gasteiger partial charge in [-0.2, -0.15) is 9.57 Å². The molecular formula is C21H25N3O3S. The number of carbonyl (C=O) groups is 1. The molecule has 0 saturated carbocycles. The molecule has 148 valence electrons. The number of likely N-dealkylation sites (N-methyl/N-ethyl adjacent to an activating group) is 1. The predicted molar refractivity (Wildman–Crippen MR) is 108 cm³/mol. The molecule has 0 fully saturated rings. The summed E-state index contributed by atoms with van der Waals surface area (Å²) in [6.45, 7) is 5.79. The van der Waals surface area contributed by atoms with E-state index in [0.29, 0.717) is 11.5 Å². The van der Waals surface area contributed by atoms with Crippen LogP contribution in [-0.2, 0) is 14.8 Å². The number of nitrogens with one attached hydrogen (secondary N) is 1. The molecule has 0 aromatic heterocycles. The number of carbonyl (C=O) groups excluding carboxylic acids is 1. The number of rotatable bonds is 7. The second kappa shape index (κ2) is 9.00. The third kappa shape index (κ3) is 5.18. The van der Waals surface area contributed by atoms with Crippen LogP contribution >= 0.6 is 0 Å². The van der Waals surface area contributed by atoms with Crippen molar-refractivity contribution in [2.45, 2.75) is 37.6 Å². The van der Waals surface area contributed by atoms with E-state index in [1.165, 1.54) is 36.9 Å². The monoisotopic (exact) mass is 399 g/mol. The molecule has 2 aromatic rings. The topological polar surface area (TPSA) is 90.3 Å². The molecule has 0 aliphatic heterocycles. The highest BCUT2D eigenvalue weighted by atomic mass is 32.2. The molecule has 2 aromatic carbocycles. The summed E-state index contributed by atoms with van der Waals surface area (Å²) >= 11 is 0. The molecule has 0 heterocycles. The van der Waals surface area contributed by atoms with Gasteiger partial charge in [0.15, 0.2) is 0 Å². The molecule has 6 nitrogen and oxygen atoms in total. The molecule has 0 spiro atoms. The Morgan fingerprint density at radius 2 is 1.57 bits per heavy atom. The summed E-state index contributed by atoms with van der Waals surface area (Å²) in [4.78, 5) is 12.4. The van der Waals surface area contributed by atoms with Crippen LogP contribution in [0.4, 0.5) is 0 Å². The average molecular weight is 400 g/mol. The average Bonchev–Trinajstić information content (AvgIpc) is 2.67. The molecule has 0 radical (unpaired) electrons. The van der Waals surface area contributed by atoms with E-state index in [2.05, 4.69) is 19.2 Å². The maximum Gasteiger partial charge on any atom is 0.243 e. The number of benzene rings is 2. The van der Waals surface area contributed by atoms with Crippen molar-refractivity contribution in [3.8, 4) is 6.07 Å². The predicted octanol–water partition coefficient (Wildman–Crippen LogP) is 3.18. The molecule has 1 amide bonds. The van der Waals surface area contributed by atoms with Gasteiger partial charge in [-0.05, 0) is 48.2 Å². The summed E-state index contributed by atoms with van der Waals surface area (Å²) in [5.41, 5.74) is 2.54. The lowest BCUT2D eigenvalue weighted by atomic mass is 9.99. The molecule has 28 heavy (non-hydrogen) atoms. The van der Waals surface area contributed by atoms with Gasteiger partial charge in [0.1, 0.15) is 0 Å². The third-order valence-electron chi connectivity index (χ3n) is 4.54. The minimum absolute atomic E-state index is 0.0409. The third-order valence-corrected chi connectivity index (χ3v) is 6.36. The Balaban J connectivity index is 2.01. The second-order valence-corrected chi connectivity index (χ2v) is 9.05. The SMILES string of the molecule is CC(C)c1ccc(C(C)NC(=O)CN(C)S(=O)(=O)c2ccc(C#N)cc2)cc1. The number of nitriles is 1. The number of hydrogen-bond acceptors (Lipinski definition) is 4. The Kier molecular flexibility index (Phi) is 6.95. The molecule has 1 atom stereocenters. The molecule has 0 aliphatic carbocycles. The Bertz CT molecular complexity index is 959. The first-order valence-electron chi connectivity index (χ1n) is 9.01. The van der Waals surface area contributed by atoms with Gasteiger partial charge < -0.3 is 5.32 Å². The lowest BCUT2D eigenvalue weighted by molar-refractivity contribution is -0.121.